The van der Waals surface area contributed by atoms with Crippen LogP contribution in [0.4, 0.5) is 0 Å². The molecule has 2 rings (SSSR count). The molecule has 17 nitrogen and oxygen atoms in total. The quantitative estimate of drug-likeness (QED) is 0.196. The minimum Gasteiger partial charge on any atom is -0.497 e. The highest BCUT2D eigenvalue weighted by molar-refractivity contribution is 5.80. The molecule has 1 saturated heterocycles. The van der Waals surface area contributed by atoms with Crippen LogP contribution in [0.3, 0.4) is 0 Å². The van der Waals surface area contributed by atoms with Gasteiger partial charge in [0.15, 0.2) is 24.4 Å². The predicted molar refractivity (Wildman–Crippen MR) is 154 cm³/mol. The van der Waals surface area contributed by atoms with E-state index in [1.165, 1.54) is 7.11 Å². The Morgan fingerprint density at radius 2 is 1.57 bits per heavy atom. The van der Waals surface area contributed by atoms with Gasteiger partial charge in [0.2, 0.25) is 5.91 Å². The maximum Gasteiger partial charge on any atom is 0.369 e. The molecule has 1 aliphatic heterocycles. The number of nitriles is 1. The van der Waals surface area contributed by atoms with Gasteiger partial charge in [0.1, 0.15) is 25.1 Å². The number of esters is 5. The lowest BCUT2D eigenvalue weighted by molar-refractivity contribution is -0.357. The molecule has 0 aromatic heterocycles. The molecule has 258 valence electrons. The summed E-state index contributed by atoms with van der Waals surface area (Å²) in [5.74, 6) is -7.71. The molecule has 1 heterocycles. The summed E-state index contributed by atoms with van der Waals surface area (Å²) in [6, 6.07) is 6.65. The van der Waals surface area contributed by atoms with E-state index in [2.05, 4.69) is 5.32 Å². The van der Waals surface area contributed by atoms with Gasteiger partial charge in [0, 0.05) is 34.6 Å². The second-order valence-corrected chi connectivity index (χ2v) is 10.1. The first kappa shape index (κ1) is 38.4. The summed E-state index contributed by atoms with van der Waals surface area (Å²) < 4.78 is 49.8. The lowest BCUT2D eigenvalue weighted by Gasteiger charge is -2.51. The zero-order chi connectivity index (χ0) is 35.3. The number of nitrogens with one attached hydrogen (secondary N) is 1. The first-order chi connectivity index (χ1) is 22.2. The summed E-state index contributed by atoms with van der Waals surface area (Å²) in [7, 11) is 2.46. The van der Waals surface area contributed by atoms with E-state index >= 15 is 0 Å². The zero-order valence-electron chi connectivity index (χ0n) is 27.0. The Kier molecular flexibility index (Phi) is 14.5. The van der Waals surface area contributed by atoms with Gasteiger partial charge in [-0.15, -0.1) is 0 Å². The van der Waals surface area contributed by atoms with E-state index in [1.807, 2.05) is 0 Å². The van der Waals surface area contributed by atoms with Crippen molar-refractivity contribution in [1.82, 2.24) is 5.32 Å². The smallest absolute Gasteiger partial charge is 0.369 e. The van der Waals surface area contributed by atoms with Crippen LogP contribution in [0.1, 0.15) is 40.2 Å². The average molecular weight is 667 g/mol. The van der Waals surface area contributed by atoms with Gasteiger partial charge in [-0.05, 0) is 17.7 Å². The first-order valence-electron chi connectivity index (χ1n) is 14.1. The summed E-state index contributed by atoms with van der Waals surface area (Å²) in [4.78, 5) is 75.1. The Hall–Kier alpha value is -4.79. The van der Waals surface area contributed by atoms with Crippen molar-refractivity contribution in [2.45, 2.75) is 83.6 Å². The van der Waals surface area contributed by atoms with Crippen LogP contribution in [-0.2, 0) is 73.3 Å². The minimum absolute atomic E-state index is 0.380. The third-order valence-corrected chi connectivity index (χ3v) is 6.53. The molecule has 17 heteroatoms. The fraction of sp³-hybridized carbons (Fsp3) is 0.567. The van der Waals surface area contributed by atoms with Gasteiger partial charge in [-0.3, -0.25) is 24.0 Å². The van der Waals surface area contributed by atoms with Crippen LogP contribution < -0.4 is 10.1 Å². The van der Waals surface area contributed by atoms with Gasteiger partial charge in [-0.25, -0.2) is 4.79 Å². The van der Waals surface area contributed by atoms with Crippen molar-refractivity contribution in [3.05, 3.63) is 29.8 Å². The van der Waals surface area contributed by atoms with Crippen LogP contribution >= 0.6 is 0 Å². The van der Waals surface area contributed by atoms with Gasteiger partial charge in [-0.1, -0.05) is 12.1 Å². The topological polar surface area (TPSA) is 221 Å². The largest absolute Gasteiger partial charge is 0.497 e. The molecule has 1 aromatic rings. The normalized spacial score (nSPS) is 23.1. The van der Waals surface area contributed by atoms with E-state index in [9.17, 15) is 34.0 Å². The SMILES string of the molecule is COC(=O)[C@]1(OCc2ccc(OC)cc2)O[C@@H]([C@H](OC(C)=O)[C@@H](COC(C)=O)OC(C)=O)[C@H](NC(C)=O)[C@@H](OC(C)=O)[C@@H]1OCC#N. The van der Waals surface area contributed by atoms with E-state index in [-0.39, 0.29) is 6.61 Å². The van der Waals surface area contributed by atoms with Crippen molar-refractivity contribution in [2.24, 2.45) is 0 Å². The summed E-state index contributed by atoms with van der Waals surface area (Å²) in [6.45, 7) is 3.51. The Labute approximate surface area is 270 Å². The molecule has 1 amide bonds. The number of carbonyl (C=O) groups is 6. The Morgan fingerprint density at radius 3 is 2.06 bits per heavy atom. The molecule has 1 fully saturated rings. The van der Waals surface area contributed by atoms with Crippen molar-refractivity contribution < 1.29 is 71.4 Å². The van der Waals surface area contributed by atoms with E-state index < -0.39 is 91.3 Å². The molecule has 47 heavy (non-hydrogen) atoms. The second-order valence-electron chi connectivity index (χ2n) is 10.1. The zero-order valence-corrected chi connectivity index (χ0v) is 27.0. The number of ether oxygens (including phenoxy) is 9. The highest BCUT2D eigenvalue weighted by atomic mass is 16.8. The van der Waals surface area contributed by atoms with Gasteiger partial charge in [0.25, 0.3) is 0 Å². The molecule has 7 atom stereocenters. The van der Waals surface area contributed by atoms with Crippen molar-refractivity contribution in [1.29, 1.82) is 5.26 Å². The predicted octanol–water partition coefficient (Wildman–Crippen LogP) is 0.252. The van der Waals surface area contributed by atoms with Gasteiger partial charge in [0.05, 0.1) is 32.9 Å². The molecule has 0 spiro atoms. The summed E-state index contributed by atoms with van der Waals surface area (Å²) in [5, 5.41) is 11.9. The molecular formula is C30H38N2O15. The molecule has 0 unspecified atom stereocenters. The number of carbonyl (C=O) groups excluding carboxylic acids is 6. The van der Waals surface area contributed by atoms with Crippen molar-refractivity contribution in [3.8, 4) is 11.8 Å². The third kappa shape index (κ3) is 10.6. The molecule has 1 N–H and O–H groups in total. The fourth-order valence-corrected chi connectivity index (χ4v) is 4.81. The van der Waals surface area contributed by atoms with Gasteiger partial charge in [-0.2, -0.15) is 5.26 Å². The standard InChI is InChI=1S/C30H38N2O15/c1-16(33)32-24-26(25(45-19(4)36)23(44-18(3)35)15-42-17(2)34)47-30(29(38)40-7,28(41-13-12-31)27(24)46-20(5)37)43-14-21-8-10-22(39-6)11-9-21/h8-11,23-28H,13-15H2,1-7H3,(H,32,33)/t23-,24+,25-,26-,27-,28+,30-/m1/s1. The molecule has 1 aromatic carbocycles. The number of nitrogens with zero attached hydrogens (tertiary/aromatic N) is 1. The number of rotatable bonds is 15. The van der Waals surface area contributed by atoms with Crippen LogP contribution in [0.25, 0.3) is 0 Å². The maximum absolute atomic E-state index is 13.8. The lowest BCUT2D eigenvalue weighted by Crippen LogP contribution is -2.75. The summed E-state index contributed by atoms with van der Waals surface area (Å²) >= 11 is 0. The molecule has 0 radical (unpaired) electrons. The highest BCUT2D eigenvalue weighted by Gasteiger charge is 2.66. The van der Waals surface area contributed by atoms with E-state index in [1.54, 1.807) is 30.3 Å². The maximum atomic E-state index is 13.8. The highest BCUT2D eigenvalue weighted by Crippen LogP contribution is 2.39. The molecular weight excluding hydrogens is 628 g/mol. The first-order valence-corrected chi connectivity index (χ1v) is 14.1. The Balaban J connectivity index is 2.90. The molecule has 0 aliphatic carbocycles. The second kappa shape index (κ2) is 17.8. The summed E-state index contributed by atoms with van der Waals surface area (Å²) in [5.41, 5.74) is 0.477. The van der Waals surface area contributed by atoms with Crippen LogP contribution in [0.5, 0.6) is 5.75 Å². The number of benzene rings is 1. The van der Waals surface area contributed by atoms with Crippen LogP contribution in [0, 0.1) is 11.3 Å². The van der Waals surface area contributed by atoms with Crippen LogP contribution in [0.15, 0.2) is 24.3 Å². The van der Waals surface area contributed by atoms with Crippen molar-refractivity contribution >= 4 is 35.8 Å². The number of methoxy groups -OCH3 is 2. The Morgan fingerprint density at radius 1 is 0.936 bits per heavy atom. The van der Waals surface area contributed by atoms with Gasteiger partial charge >= 0.3 is 35.6 Å². The number of hydrogen-bond acceptors (Lipinski definition) is 16. The average Bonchev–Trinajstić information content (AvgIpc) is 3.00. The van der Waals surface area contributed by atoms with Crippen LogP contribution in [-0.4, -0.2) is 106 Å². The summed E-state index contributed by atoms with van der Waals surface area (Å²) in [6.07, 6.45) is -8.65. The van der Waals surface area contributed by atoms with Crippen LogP contribution in [0.2, 0.25) is 0 Å². The number of amides is 1. The van der Waals surface area contributed by atoms with E-state index in [0.717, 1.165) is 41.7 Å². The van der Waals surface area contributed by atoms with Crippen molar-refractivity contribution in [2.75, 3.05) is 27.4 Å². The third-order valence-electron chi connectivity index (χ3n) is 6.53. The lowest BCUT2D eigenvalue weighted by atomic mass is 9.85. The van der Waals surface area contributed by atoms with Crippen molar-refractivity contribution in [3.63, 3.8) is 0 Å². The molecule has 0 bridgehead atoms. The molecule has 0 saturated carbocycles. The fourth-order valence-electron chi connectivity index (χ4n) is 4.81. The van der Waals surface area contributed by atoms with E-state index in [4.69, 9.17) is 42.6 Å². The monoisotopic (exact) mass is 666 g/mol. The molecule has 1 aliphatic rings. The number of hydrogen-bond donors (Lipinski definition) is 1. The Bertz CT molecular complexity index is 1330. The van der Waals surface area contributed by atoms with E-state index in [0.29, 0.717) is 11.3 Å². The minimum atomic E-state index is -2.70. The van der Waals surface area contributed by atoms with Gasteiger partial charge < -0.3 is 47.9 Å².